The second-order valence-corrected chi connectivity index (χ2v) is 8.77. The van der Waals surface area contributed by atoms with Gasteiger partial charge in [-0.25, -0.2) is 0 Å². The van der Waals surface area contributed by atoms with E-state index in [0.717, 1.165) is 6.54 Å². The van der Waals surface area contributed by atoms with Crippen molar-refractivity contribution in [3.63, 3.8) is 0 Å². The van der Waals surface area contributed by atoms with Gasteiger partial charge < -0.3 is 10.0 Å². The molecule has 164 valence electrons. The van der Waals surface area contributed by atoms with Crippen molar-refractivity contribution in [2.24, 2.45) is 0 Å². The summed E-state index contributed by atoms with van der Waals surface area (Å²) in [6.45, 7) is 2.63. The number of benzene rings is 4. The molecule has 0 saturated heterocycles. The van der Waals surface area contributed by atoms with Crippen LogP contribution in [0.4, 0.5) is 0 Å². The fraction of sp³-hybridized carbons (Fsp3) is 0.172. The van der Waals surface area contributed by atoms with E-state index in [1.54, 1.807) is 6.92 Å². The third kappa shape index (κ3) is 5.56. The first kappa shape index (κ1) is 23.5. The average Bonchev–Trinajstić information content (AvgIpc) is 2.82. The highest BCUT2D eigenvalue weighted by Crippen LogP contribution is 2.09. The molecule has 0 bridgehead atoms. The summed E-state index contributed by atoms with van der Waals surface area (Å²) in [5, 5.41) is 8.70. The standard InChI is InChI=1S/C24H20B.C5H13NO/c1-5-13-21(14-6-1)25(22-15-7-2-8-16-22,23-17-9-3-10-18-23)24-19-11-4-12-20-24;1-5(7)4-6(2)3/h1-20H;5,7H,4H2,1-3H3/q-1;/p+1. The summed E-state index contributed by atoms with van der Waals surface area (Å²) in [7, 11) is 4.04. The zero-order valence-corrected chi connectivity index (χ0v) is 19.4. The Balaban J connectivity index is 0.000000360. The quantitative estimate of drug-likeness (QED) is 0.453. The van der Waals surface area contributed by atoms with E-state index in [4.69, 9.17) is 5.11 Å². The van der Waals surface area contributed by atoms with Crippen molar-refractivity contribution in [3.8, 4) is 0 Å². The Morgan fingerprint density at radius 3 is 0.969 bits per heavy atom. The molecule has 32 heavy (non-hydrogen) atoms. The van der Waals surface area contributed by atoms with Crippen molar-refractivity contribution < 1.29 is 10.0 Å². The molecule has 2 nitrogen and oxygen atoms in total. The van der Waals surface area contributed by atoms with Crippen molar-refractivity contribution in [1.29, 1.82) is 0 Å². The second kappa shape index (κ2) is 11.5. The summed E-state index contributed by atoms with van der Waals surface area (Å²) in [5.74, 6) is 0. The minimum Gasteiger partial charge on any atom is -0.388 e. The van der Waals surface area contributed by atoms with Gasteiger partial charge in [-0.1, -0.05) is 121 Å². The molecule has 0 spiro atoms. The van der Waals surface area contributed by atoms with Gasteiger partial charge in [0.15, 0.2) is 0 Å². The van der Waals surface area contributed by atoms with Crippen LogP contribution in [-0.2, 0) is 0 Å². The number of quaternary nitrogens is 1. The summed E-state index contributed by atoms with van der Waals surface area (Å²) in [4.78, 5) is 1.29. The predicted octanol–water partition coefficient (Wildman–Crippen LogP) is 1.58. The van der Waals surface area contributed by atoms with Crippen LogP contribution in [0.1, 0.15) is 6.92 Å². The van der Waals surface area contributed by atoms with Gasteiger partial charge in [0.2, 0.25) is 0 Å². The van der Waals surface area contributed by atoms with Gasteiger partial charge >= 0.3 is 0 Å². The van der Waals surface area contributed by atoms with Gasteiger partial charge in [-0.3, -0.25) is 0 Å². The van der Waals surface area contributed by atoms with Gasteiger partial charge in [-0.05, 0) is 6.92 Å². The molecule has 3 heteroatoms. The number of hydrogen-bond donors (Lipinski definition) is 2. The maximum atomic E-state index is 8.70. The van der Waals surface area contributed by atoms with Crippen LogP contribution in [-0.4, -0.2) is 38.0 Å². The van der Waals surface area contributed by atoms with E-state index in [-0.39, 0.29) is 6.10 Å². The number of aliphatic hydroxyl groups excluding tert-OH is 1. The van der Waals surface area contributed by atoms with E-state index < -0.39 is 6.15 Å². The van der Waals surface area contributed by atoms with Crippen molar-refractivity contribution in [2.75, 3.05) is 20.6 Å². The SMILES string of the molecule is CC(O)C[NH+](C)C.c1ccc([B-](c2ccccc2)(c2ccccc2)c2ccccc2)cc1. The normalized spacial score (nSPS) is 12.0. The highest BCUT2D eigenvalue weighted by Gasteiger charge is 2.30. The largest absolute Gasteiger partial charge is 0.388 e. The Morgan fingerprint density at radius 1 is 0.562 bits per heavy atom. The number of hydrogen-bond acceptors (Lipinski definition) is 1. The Bertz CT molecular complexity index is 866. The summed E-state index contributed by atoms with van der Waals surface area (Å²) in [5.41, 5.74) is 5.36. The van der Waals surface area contributed by atoms with Crippen LogP contribution in [0.25, 0.3) is 0 Å². The van der Waals surface area contributed by atoms with Crippen molar-refractivity contribution in [3.05, 3.63) is 121 Å². The lowest BCUT2D eigenvalue weighted by molar-refractivity contribution is -0.861. The van der Waals surface area contributed by atoms with Crippen LogP contribution in [0, 0.1) is 0 Å². The summed E-state index contributed by atoms with van der Waals surface area (Å²) in [6.07, 6.45) is -1.38. The van der Waals surface area contributed by atoms with Crippen molar-refractivity contribution in [2.45, 2.75) is 13.0 Å². The Hall–Kier alpha value is -3.14. The fourth-order valence-corrected chi connectivity index (χ4v) is 4.71. The van der Waals surface area contributed by atoms with Crippen LogP contribution < -0.4 is 26.8 Å². The van der Waals surface area contributed by atoms with Crippen LogP contribution in [0.15, 0.2) is 121 Å². The van der Waals surface area contributed by atoms with E-state index in [9.17, 15) is 0 Å². The predicted molar refractivity (Wildman–Crippen MR) is 139 cm³/mol. The highest BCUT2D eigenvalue weighted by molar-refractivity contribution is 7.19. The first-order valence-electron chi connectivity index (χ1n) is 11.4. The van der Waals surface area contributed by atoms with Gasteiger partial charge in [0.25, 0.3) is 0 Å². The molecule has 0 saturated carbocycles. The summed E-state index contributed by atoms with van der Waals surface area (Å²) in [6, 6.07) is 43.5. The molecular formula is C29H34BNO. The molecule has 0 amide bonds. The molecule has 0 heterocycles. The maximum absolute atomic E-state index is 8.70. The maximum Gasteiger partial charge on any atom is 0.108 e. The molecule has 4 aromatic rings. The fourth-order valence-electron chi connectivity index (χ4n) is 4.71. The van der Waals surface area contributed by atoms with Crippen LogP contribution in [0.3, 0.4) is 0 Å². The zero-order valence-electron chi connectivity index (χ0n) is 19.4. The molecule has 0 fully saturated rings. The summed E-state index contributed by atoms with van der Waals surface area (Å²) < 4.78 is 0. The Kier molecular flexibility index (Phi) is 8.44. The number of nitrogens with one attached hydrogen (secondary N) is 1. The third-order valence-electron chi connectivity index (χ3n) is 5.90. The molecule has 4 aromatic carbocycles. The highest BCUT2D eigenvalue weighted by atomic mass is 16.3. The Morgan fingerprint density at radius 2 is 0.812 bits per heavy atom. The monoisotopic (exact) mass is 423 g/mol. The lowest BCUT2D eigenvalue weighted by atomic mass is 9.13. The van der Waals surface area contributed by atoms with Gasteiger partial charge in [-0.15, -0.1) is 0 Å². The van der Waals surface area contributed by atoms with E-state index >= 15 is 0 Å². The number of likely N-dealkylation sites (N-methyl/N-ethyl adjacent to an activating group) is 1. The topological polar surface area (TPSA) is 24.7 Å². The van der Waals surface area contributed by atoms with Crippen molar-refractivity contribution >= 4 is 28.0 Å². The van der Waals surface area contributed by atoms with Crippen LogP contribution in [0.5, 0.6) is 0 Å². The minimum absolute atomic E-state index is 0.162. The molecule has 2 N–H and O–H groups in total. The smallest absolute Gasteiger partial charge is 0.108 e. The van der Waals surface area contributed by atoms with Gasteiger partial charge in [0, 0.05) is 0 Å². The Labute approximate surface area is 193 Å². The number of aliphatic hydroxyl groups is 1. The van der Waals surface area contributed by atoms with E-state index in [1.165, 1.54) is 26.8 Å². The first-order valence-corrected chi connectivity index (χ1v) is 11.4. The molecule has 4 rings (SSSR count). The lowest BCUT2D eigenvalue weighted by Gasteiger charge is -2.44. The van der Waals surface area contributed by atoms with Crippen molar-refractivity contribution in [1.82, 2.24) is 0 Å². The summed E-state index contributed by atoms with van der Waals surface area (Å²) >= 11 is 0. The van der Waals surface area contributed by atoms with Gasteiger partial charge in [-0.2, -0.15) is 21.9 Å². The molecule has 1 atom stereocenters. The lowest BCUT2D eigenvalue weighted by Crippen LogP contribution is -3.06. The zero-order chi connectivity index (χ0) is 22.8. The van der Waals surface area contributed by atoms with Crippen LogP contribution >= 0.6 is 0 Å². The van der Waals surface area contributed by atoms with Gasteiger partial charge in [0.05, 0.1) is 14.1 Å². The molecule has 0 aliphatic rings. The second-order valence-electron chi connectivity index (χ2n) is 8.77. The molecule has 0 aromatic heterocycles. The molecular weight excluding hydrogens is 389 g/mol. The van der Waals surface area contributed by atoms with Crippen LogP contribution in [0.2, 0.25) is 0 Å². The average molecular weight is 423 g/mol. The minimum atomic E-state index is -1.22. The van der Waals surface area contributed by atoms with E-state index in [1.807, 2.05) is 14.1 Å². The molecule has 0 radical (unpaired) electrons. The number of rotatable bonds is 6. The molecule has 0 aliphatic heterocycles. The van der Waals surface area contributed by atoms with Gasteiger partial charge in [0.1, 0.15) is 18.8 Å². The molecule has 0 aliphatic carbocycles. The molecule has 1 unspecified atom stereocenters. The first-order chi connectivity index (χ1) is 15.5. The van der Waals surface area contributed by atoms with E-state index in [0.29, 0.717) is 0 Å². The third-order valence-corrected chi connectivity index (χ3v) is 5.90. The van der Waals surface area contributed by atoms with E-state index in [2.05, 4.69) is 121 Å².